The van der Waals surface area contributed by atoms with Crippen LogP contribution in [0.2, 0.25) is 0 Å². The zero-order valence-corrected chi connectivity index (χ0v) is 11.3. The van der Waals surface area contributed by atoms with Gasteiger partial charge in [-0.25, -0.2) is 4.39 Å². The predicted molar refractivity (Wildman–Crippen MR) is 69.2 cm³/mol. The Kier molecular flexibility index (Phi) is 3.85. The highest BCUT2D eigenvalue weighted by molar-refractivity contribution is 5.78. The minimum Gasteiger partial charge on any atom is -0.480 e. The van der Waals surface area contributed by atoms with Crippen LogP contribution in [0.4, 0.5) is 4.39 Å². The van der Waals surface area contributed by atoms with E-state index in [0.29, 0.717) is 13.0 Å². The van der Waals surface area contributed by atoms with E-state index in [4.69, 9.17) is 0 Å². The van der Waals surface area contributed by atoms with Gasteiger partial charge in [0.2, 0.25) is 0 Å². The Balaban J connectivity index is 2.30. The van der Waals surface area contributed by atoms with Crippen molar-refractivity contribution in [1.29, 1.82) is 0 Å². The van der Waals surface area contributed by atoms with Crippen molar-refractivity contribution >= 4 is 5.97 Å². The lowest BCUT2D eigenvalue weighted by Gasteiger charge is -2.45. The molecule has 1 aliphatic heterocycles. The SMILES string of the molecule is CC(c1cncc(F)c1)N1CCCCC1(C)C(=O)O. The second kappa shape index (κ2) is 5.25. The molecular weight excluding hydrogens is 247 g/mol. The molecule has 5 heteroatoms. The van der Waals surface area contributed by atoms with Crippen LogP contribution in [-0.4, -0.2) is 33.0 Å². The molecule has 2 unspecified atom stereocenters. The standard InChI is InChI=1S/C14H19FN2O2/c1-10(11-7-12(15)9-16-8-11)17-6-4-3-5-14(17,2)13(18)19/h7-10H,3-6H2,1-2H3,(H,18,19). The first-order valence-electron chi connectivity index (χ1n) is 6.56. The van der Waals surface area contributed by atoms with E-state index in [0.717, 1.165) is 24.6 Å². The lowest BCUT2D eigenvalue weighted by Crippen LogP contribution is -2.55. The molecular formula is C14H19FN2O2. The first-order valence-corrected chi connectivity index (χ1v) is 6.56. The molecule has 1 saturated heterocycles. The Morgan fingerprint density at radius 2 is 2.26 bits per heavy atom. The van der Waals surface area contributed by atoms with Gasteiger partial charge in [0.15, 0.2) is 0 Å². The molecule has 1 aliphatic rings. The lowest BCUT2D eigenvalue weighted by molar-refractivity contribution is -0.155. The van der Waals surface area contributed by atoms with Crippen molar-refractivity contribution in [2.45, 2.75) is 44.7 Å². The fourth-order valence-corrected chi connectivity index (χ4v) is 2.83. The van der Waals surface area contributed by atoms with Gasteiger partial charge < -0.3 is 5.11 Å². The summed E-state index contributed by atoms with van der Waals surface area (Å²) in [7, 11) is 0. The molecule has 0 amide bonds. The van der Waals surface area contributed by atoms with Crippen molar-refractivity contribution in [3.63, 3.8) is 0 Å². The number of nitrogens with zero attached hydrogens (tertiary/aromatic N) is 2. The van der Waals surface area contributed by atoms with E-state index < -0.39 is 17.3 Å². The average Bonchev–Trinajstić information content (AvgIpc) is 2.38. The summed E-state index contributed by atoms with van der Waals surface area (Å²) in [6, 6.07) is 1.26. The molecule has 1 N–H and O–H groups in total. The molecule has 1 aromatic heterocycles. The Morgan fingerprint density at radius 1 is 1.53 bits per heavy atom. The predicted octanol–water partition coefficient (Wildman–Crippen LogP) is 2.61. The second-order valence-electron chi connectivity index (χ2n) is 5.34. The van der Waals surface area contributed by atoms with Gasteiger partial charge in [-0.2, -0.15) is 0 Å². The van der Waals surface area contributed by atoms with Gasteiger partial charge in [0.05, 0.1) is 6.20 Å². The molecule has 2 atom stereocenters. The van der Waals surface area contributed by atoms with Crippen LogP contribution in [0.25, 0.3) is 0 Å². The zero-order valence-electron chi connectivity index (χ0n) is 11.3. The number of hydrogen-bond donors (Lipinski definition) is 1. The maximum Gasteiger partial charge on any atom is 0.323 e. The van der Waals surface area contributed by atoms with Crippen LogP contribution in [0, 0.1) is 5.82 Å². The molecule has 0 spiro atoms. The number of aromatic nitrogens is 1. The molecule has 19 heavy (non-hydrogen) atoms. The van der Waals surface area contributed by atoms with Crippen molar-refractivity contribution < 1.29 is 14.3 Å². The number of likely N-dealkylation sites (tertiary alicyclic amines) is 1. The van der Waals surface area contributed by atoms with E-state index in [1.54, 1.807) is 13.1 Å². The monoisotopic (exact) mass is 266 g/mol. The van der Waals surface area contributed by atoms with Crippen LogP contribution >= 0.6 is 0 Å². The fourth-order valence-electron chi connectivity index (χ4n) is 2.83. The van der Waals surface area contributed by atoms with Crippen molar-refractivity contribution in [2.24, 2.45) is 0 Å². The van der Waals surface area contributed by atoms with Crippen LogP contribution in [0.3, 0.4) is 0 Å². The van der Waals surface area contributed by atoms with E-state index in [1.807, 2.05) is 11.8 Å². The highest BCUT2D eigenvalue weighted by Crippen LogP contribution is 2.35. The van der Waals surface area contributed by atoms with Gasteiger partial charge in [-0.3, -0.25) is 14.7 Å². The van der Waals surface area contributed by atoms with Gasteiger partial charge in [0.1, 0.15) is 11.4 Å². The molecule has 1 fully saturated rings. The van der Waals surface area contributed by atoms with E-state index in [2.05, 4.69) is 4.98 Å². The Morgan fingerprint density at radius 3 is 2.89 bits per heavy atom. The van der Waals surface area contributed by atoms with Crippen molar-refractivity contribution in [1.82, 2.24) is 9.88 Å². The molecule has 0 saturated carbocycles. The van der Waals surface area contributed by atoms with E-state index in [9.17, 15) is 14.3 Å². The second-order valence-corrected chi connectivity index (χ2v) is 5.34. The number of carboxylic acids is 1. The summed E-state index contributed by atoms with van der Waals surface area (Å²) in [5.41, 5.74) is -0.168. The summed E-state index contributed by atoms with van der Waals surface area (Å²) in [4.78, 5) is 17.3. The summed E-state index contributed by atoms with van der Waals surface area (Å²) >= 11 is 0. The van der Waals surface area contributed by atoms with Crippen LogP contribution < -0.4 is 0 Å². The van der Waals surface area contributed by atoms with Gasteiger partial charge in [0.25, 0.3) is 0 Å². The first kappa shape index (κ1) is 13.9. The Labute approximate surface area is 112 Å². The molecule has 0 aliphatic carbocycles. The number of hydrogen-bond acceptors (Lipinski definition) is 3. The maximum absolute atomic E-state index is 13.2. The minimum atomic E-state index is -0.885. The van der Waals surface area contributed by atoms with Crippen molar-refractivity contribution in [3.05, 3.63) is 29.8 Å². The minimum absolute atomic E-state index is 0.162. The third-order valence-corrected chi connectivity index (χ3v) is 4.08. The summed E-state index contributed by atoms with van der Waals surface area (Å²) in [6.45, 7) is 4.36. The number of pyridine rings is 1. The third kappa shape index (κ3) is 2.61. The highest BCUT2D eigenvalue weighted by atomic mass is 19.1. The van der Waals surface area contributed by atoms with Gasteiger partial charge in [-0.15, -0.1) is 0 Å². The first-order chi connectivity index (χ1) is 8.95. The normalized spacial score (nSPS) is 26.1. The summed E-state index contributed by atoms with van der Waals surface area (Å²) < 4.78 is 13.2. The highest BCUT2D eigenvalue weighted by Gasteiger charge is 2.43. The summed E-state index contributed by atoms with van der Waals surface area (Å²) in [6.07, 6.45) is 5.26. The molecule has 4 nitrogen and oxygen atoms in total. The number of rotatable bonds is 3. The number of halogens is 1. The maximum atomic E-state index is 13.2. The van der Waals surface area contributed by atoms with Gasteiger partial charge >= 0.3 is 5.97 Å². The lowest BCUT2D eigenvalue weighted by atomic mass is 9.86. The number of carbonyl (C=O) groups is 1. The van der Waals surface area contributed by atoms with Crippen LogP contribution in [0.1, 0.15) is 44.7 Å². The number of aliphatic carboxylic acids is 1. The quantitative estimate of drug-likeness (QED) is 0.913. The number of carboxylic acid groups (broad SMARTS) is 1. The molecule has 2 rings (SSSR count). The molecule has 0 aromatic carbocycles. The largest absolute Gasteiger partial charge is 0.480 e. The van der Waals surface area contributed by atoms with Crippen molar-refractivity contribution in [3.8, 4) is 0 Å². The van der Waals surface area contributed by atoms with Gasteiger partial charge in [-0.1, -0.05) is 0 Å². The van der Waals surface area contributed by atoms with E-state index in [1.165, 1.54) is 6.07 Å². The Hall–Kier alpha value is -1.49. The van der Waals surface area contributed by atoms with Crippen LogP contribution in [0.5, 0.6) is 0 Å². The van der Waals surface area contributed by atoms with Gasteiger partial charge in [0, 0.05) is 12.2 Å². The molecule has 0 bridgehead atoms. The smallest absolute Gasteiger partial charge is 0.323 e. The van der Waals surface area contributed by atoms with E-state index in [-0.39, 0.29) is 6.04 Å². The third-order valence-electron chi connectivity index (χ3n) is 4.08. The summed E-state index contributed by atoms with van der Waals surface area (Å²) in [5.74, 6) is -1.21. The van der Waals surface area contributed by atoms with Crippen molar-refractivity contribution in [2.75, 3.05) is 6.54 Å². The fraction of sp³-hybridized carbons (Fsp3) is 0.571. The molecule has 2 heterocycles. The molecule has 104 valence electrons. The van der Waals surface area contributed by atoms with Crippen LogP contribution in [0.15, 0.2) is 18.5 Å². The van der Waals surface area contributed by atoms with Gasteiger partial charge in [-0.05, 0) is 51.3 Å². The number of piperidine rings is 1. The van der Waals surface area contributed by atoms with Crippen LogP contribution in [-0.2, 0) is 4.79 Å². The van der Waals surface area contributed by atoms with E-state index >= 15 is 0 Å². The Bertz CT molecular complexity index is 480. The topological polar surface area (TPSA) is 53.4 Å². The molecule has 1 aromatic rings. The molecule has 0 radical (unpaired) electrons. The average molecular weight is 266 g/mol. The zero-order chi connectivity index (χ0) is 14.0. The summed E-state index contributed by atoms with van der Waals surface area (Å²) in [5, 5.41) is 9.49.